The van der Waals surface area contributed by atoms with E-state index in [1.54, 1.807) is 12.4 Å². The van der Waals surface area contributed by atoms with Crippen LogP contribution in [0.3, 0.4) is 0 Å². The molecular weight excluding hydrogens is 361 g/mol. The smallest absolute Gasteiger partial charge is 0.347 e. The van der Waals surface area contributed by atoms with Gasteiger partial charge in [0.05, 0.1) is 12.7 Å². The minimum atomic E-state index is -4.47. The molecule has 25 heavy (non-hydrogen) atoms. The molecule has 136 valence electrons. The van der Waals surface area contributed by atoms with Crippen molar-refractivity contribution in [3.63, 3.8) is 0 Å². The third-order valence-electron chi connectivity index (χ3n) is 3.01. The number of rotatable bonds is 6. The standard InChI is InChI=1S/C14H15F3N4O3S/c1-21-7-13(19-9-21)25(23,24)20-11-4-2-10(3-5-11)6-12(22)18-8-14(15,16)17/h2-5,7,9,20H,6,8H2,1H3,(H,18,22). The lowest BCUT2D eigenvalue weighted by molar-refractivity contribution is -0.138. The molecule has 2 N–H and O–H groups in total. The number of benzene rings is 1. The molecule has 1 heterocycles. The number of hydrogen-bond donors (Lipinski definition) is 2. The third-order valence-corrected chi connectivity index (χ3v) is 4.28. The second kappa shape index (κ2) is 7.13. The van der Waals surface area contributed by atoms with E-state index in [0.29, 0.717) is 5.56 Å². The summed E-state index contributed by atoms with van der Waals surface area (Å²) in [6.45, 7) is -1.40. The van der Waals surface area contributed by atoms with Crippen LogP contribution in [0, 0.1) is 0 Å². The molecule has 0 atom stereocenters. The molecule has 0 bridgehead atoms. The van der Waals surface area contributed by atoms with E-state index in [2.05, 4.69) is 9.71 Å². The largest absolute Gasteiger partial charge is 0.405 e. The number of carbonyl (C=O) groups excluding carboxylic acids is 1. The van der Waals surface area contributed by atoms with E-state index >= 15 is 0 Å². The summed E-state index contributed by atoms with van der Waals surface area (Å²) < 4.78 is 64.1. The topological polar surface area (TPSA) is 93.1 Å². The van der Waals surface area contributed by atoms with Crippen LogP contribution in [-0.4, -0.2) is 36.6 Å². The molecule has 1 aromatic carbocycles. The van der Waals surface area contributed by atoms with Crippen molar-refractivity contribution in [3.05, 3.63) is 42.4 Å². The number of imidazole rings is 1. The normalized spacial score (nSPS) is 12.0. The number of alkyl halides is 3. The predicted molar refractivity (Wildman–Crippen MR) is 83.2 cm³/mol. The number of sulfonamides is 1. The van der Waals surface area contributed by atoms with Crippen molar-refractivity contribution in [2.24, 2.45) is 7.05 Å². The van der Waals surface area contributed by atoms with E-state index in [-0.39, 0.29) is 17.1 Å². The van der Waals surface area contributed by atoms with Crippen molar-refractivity contribution in [1.82, 2.24) is 14.9 Å². The Hall–Kier alpha value is -2.56. The Balaban J connectivity index is 1.97. The number of hydrogen-bond acceptors (Lipinski definition) is 4. The quantitative estimate of drug-likeness (QED) is 0.798. The zero-order valence-corrected chi connectivity index (χ0v) is 13.9. The van der Waals surface area contributed by atoms with Crippen LogP contribution in [0.1, 0.15) is 5.56 Å². The summed E-state index contributed by atoms with van der Waals surface area (Å²) in [5.41, 5.74) is 0.686. The Bertz CT molecular complexity index is 845. The van der Waals surface area contributed by atoms with Crippen molar-refractivity contribution in [1.29, 1.82) is 0 Å². The zero-order chi connectivity index (χ0) is 18.7. The summed E-state index contributed by atoms with van der Waals surface area (Å²) in [6, 6.07) is 5.71. The fraction of sp³-hybridized carbons (Fsp3) is 0.286. The maximum Gasteiger partial charge on any atom is 0.405 e. The van der Waals surface area contributed by atoms with Crippen LogP contribution >= 0.6 is 0 Å². The first-order valence-electron chi connectivity index (χ1n) is 6.98. The molecule has 0 aliphatic carbocycles. The highest BCUT2D eigenvalue weighted by Crippen LogP contribution is 2.16. The van der Waals surface area contributed by atoms with E-state index in [9.17, 15) is 26.4 Å². The molecule has 2 rings (SSSR count). The first kappa shape index (κ1) is 18.8. The minimum Gasteiger partial charge on any atom is -0.347 e. The van der Waals surface area contributed by atoms with Gasteiger partial charge in [-0.25, -0.2) is 4.98 Å². The van der Waals surface area contributed by atoms with Crippen LogP contribution in [-0.2, 0) is 28.3 Å². The Morgan fingerprint density at radius 1 is 1.24 bits per heavy atom. The average Bonchev–Trinajstić information content (AvgIpc) is 2.94. The van der Waals surface area contributed by atoms with Gasteiger partial charge in [0.1, 0.15) is 6.54 Å². The van der Waals surface area contributed by atoms with Crippen molar-refractivity contribution < 1.29 is 26.4 Å². The maximum absolute atomic E-state index is 12.1. The van der Waals surface area contributed by atoms with Crippen LogP contribution in [0.2, 0.25) is 0 Å². The van der Waals surface area contributed by atoms with E-state index in [1.807, 2.05) is 0 Å². The van der Waals surface area contributed by atoms with Gasteiger partial charge >= 0.3 is 6.18 Å². The number of nitrogens with zero attached hydrogens (tertiary/aromatic N) is 2. The zero-order valence-electron chi connectivity index (χ0n) is 13.0. The van der Waals surface area contributed by atoms with E-state index in [0.717, 1.165) is 0 Å². The van der Waals surface area contributed by atoms with Crippen molar-refractivity contribution in [2.45, 2.75) is 17.6 Å². The highest BCUT2D eigenvalue weighted by atomic mass is 32.2. The highest BCUT2D eigenvalue weighted by molar-refractivity contribution is 7.92. The monoisotopic (exact) mass is 376 g/mol. The summed E-state index contributed by atoms with van der Waals surface area (Å²) in [5, 5.41) is 1.61. The van der Waals surface area contributed by atoms with Crippen LogP contribution < -0.4 is 10.0 Å². The molecule has 0 spiro atoms. The fourth-order valence-corrected chi connectivity index (χ4v) is 2.91. The Morgan fingerprint density at radius 3 is 2.40 bits per heavy atom. The van der Waals surface area contributed by atoms with Gasteiger partial charge in [0, 0.05) is 18.9 Å². The van der Waals surface area contributed by atoms with E-state index in [4.69, 9.17) is 0 Å². The lowest BCUT2D eigenvalue weighted by atomic mass is 10.1. The number of aryl methyl sites for hydroxylation is 1. The molecule has 0 fully saturated rings. The summed E-state index contributed by atoms with van der Waals surface area (Å²) in [4.78, 5) is 15.2. The van der Waals surface area contributed by atoms with Crippen molar-refractivity contribution >= 4 is 21.6 Å². The van der Waals surface area contributed by atoms with Gasteiger partial charge in [-0.15, -0.1) is 0 Å². The van der Waals surface area contributed by atoms with Crippen LogP contribution in [0.25, 0.3) is 0 Å². The Kier molecular flexibility index (Phi) is 5.36. The summed E-state index contributed by atoms with van der Waals surface area (Å²) >= 11 is 0. The molecule has 0 aliphatic heterocycles. The Labute approximate surface area is 141 Å². The number of aromatic nitrogens is 2. The van der Waals surface area contributed by atoms with Gasteiger partial charge in [0.2, 0.25) is 5.91 Å². The second-order valence-corrected chi connectivity index (χ2v) is 6.88. The van der Waals surface area contributed by atoms with E-state index < -0.39 is 28.7 Å². The number of anilines is 1. The van der Waals surface area contributed by atoms with Gasteiger partial charge in [0.15, 0.2) is 5.03 Å². The number of halogens is 3. The molecule has 0 unspecified atom stereocenters. The van der Waals surface area contributed by atoms with Gasteiger partial charge in [0.25, 0.3) is 10.0 Å². The first-order valence-corrected chi connectivity index (χ1v) is 8.47. The lowest BCUT2D eigenvalue weighted by Gasteiger charge is -2.09. The molecule has 0 saturated carbocycles. The fourth-order valence-electron chi connectivity index (χ4n) is 1.87. The molecule has 11 heteroatoms. The molecule has 0 aliphatic rings. The van der Waals surface area contributed by atoms with Gasteiger partial charge in [-0.2, -0.15) is 21.6 Å². The Morgan fingerprint density at radius 2 is 1.88 bits per heavy atom. The number of nitrogens with one attached hydrogen (secondary N) is 2. The summed E-state index contributed by atoms with van der Waals surface area (Å²) in [5.74, 6) is -0.779. The SMILES string of the molecule is Cn1cnc(S(=O)(=O)Nc2ccc(CC(=O)NCC(F)(F)F)cc2)c1. The molecule has 1 aromatic heterocycles. The second-order valence-electron chi connectivity index (χ2n) is 5.25. The van der Waals surface area contributed by atoms with Crippen LogP contribution in [0.5, 0.6) is 0 Å². The molecule has 0 saturated heterocycles. The van der Waals surface area contributed by atoms with Gasteiger partial charge in [-0.1, -0.05) is 12.1 Å². The van der Waals surface area contributed by atoms with Gasteiger partial charge in [-0.3, -0.25) is 9.52 Å². The van der Waals surface area contributed by atoms with Gasteiger partial charge in [-0.05, 0) is 17.7 Å². The number of carbonyl (C=O) groups is 1. The lowest BCUT2D eigenvalue weighted by Crippen LogP contribution is -2.34. The minimum absolute atomic E-state index is 0.148. The highest BCUT2D eigenvalue weighted by Gasteiger charge is 2.27. The molecule has 0 radical (unpaired) electrons. The summed E-state index contributed by atoms with van der Waals surface area (Å²) in [7, 11) is -2.21. The van der Waals surface area contributed by atoms with Crippen LogP contribution in [0.4, 0.5) is 18.9 Å². The first-order chi connectivity index (χ1) is 11.5. The maximum atomic E-state index is 12.1. The van der Waals surface area contributed by atoms with Gasteiger partial charge < -0.3 is 9.88 Å². The molecule has 2 aromatic rings. The van der Waals surface area contributed by atoms with Crippen molar-refractivity contribution in [3.8, 4) is 0 Å². The van der Waals surface area contributed by atoms with Crippen molar-refractivity contribution in [2.75, 3.05) is 11.3 Å². The predicted octanol–water partition coefficient (Wildman–Crippen LogP) is 1.44. The van der Waals surface area contributed by atoms with E-state index in [1.165, 1.54) is 41.4 Å². The third kappa shape index (κ3) is 5.78. The number of amides is 1. The summed E-state index contributed by atoms with van der Waals surface area (Å²) in [6.07, 6.45) is -2.04. The van der Waals surface area contributed by atoms with Crippen LogP contribution in [0.15, 0.2) is 41.8 Å². The average molecular weight is 376 g/mol. The molecular formula is C14H15F3N4O3S. The molecule has 7 nitrogen and oxygen atoms in total. The molecule has 1 amide bonds.